The van der Waals surface area contributed by atoms with Gasteiger partial charge in [0.15, 0.2) is 0 Å². The van der Waals surface area contributed by atoms with Crippen LogP contribution in [-0.4, -0.2) is 31.6 Å². The lowest BCUT2D eigenvalue weighted by Crippen LogP contribution is -2.09. The molecular weight excluding hydrogens is 222 g/mol. The highest BCUT2D eigenvalue weighted by molar-refractivity contribution is 5.67. The van der Waals surface area contributed by atoms with Crippen LogP contribution in [0.5, 0.6) is 5.75 Å². The first-order chi connectivity index (χ1) is 8.04. The third-order valence-corrected chi connectivity index (χ3v) is 2.35. The predicted octanol–water partition coefficient (Wildman–Crippen LogP) is 1.30. The SMILES string of the molecule is CN(C)c1ccc(CCC(=O)O)c(OC=O)c1. The number of hydrogen-bond donors (Lipinski definition) is 1. The zero-order valence-electron chi connectivity index (χ0n) is 9.84. The van der Waals surface area contributed by atoms with Crippen molar-refractivity contribution in [2.75, 3.05) is 19.0 Å². The van der Waals surface area contributed by atoms with E-state index < -0.39 is 5.97 Å². The fraction of sp³-hybridized carbons (Fsp3) is 0.333. The van der Waals surface area contributed by atoms with Gasteiger partial charge in [0.25, 0.3) is 6.47 Å². The van der Waals surface area contributed by atoms with Crippen molar-refractivity contribution >= 4 is 18.1 Å². The largest absolute Gasteiger partial charge is 0.481 e. The maximum atomic E-state index is 10.5. The molecule has 0 saturated heterocycles. The van der Waals surface area contributed by atoms with Crippen molar-refractivity contribution in [3.05, 3.63) is 23.8 Å². The van der Waals surface area contributed by atoms with Gasteiger partial charge in [-0.05, 0) is 18.1 Å². The number of carbonyl (C=O) groups excluding carboxylic acids is 1. The highest BCUT2D eigenvalue weighted by Crippen LogP contribution is 2.25. The van der Waals surface area contributed by atoms with E-state index in [1.54, 1.807) is 12.1 Å². The molecule has 17 heavy (non-hydrogen) atoms. The van der Waals surface area contributed by atoms with E-state index in [0.717, 1.165) is 5.69 Å². The van der Waals surface area contributed by atoms with Crippen LogP contribution in [0.3, 0.4) is 0 Å². The minimum atomic E-state index is -0.876. The van der Waals surface area contributed by atoms with E-state index in [2.05, 4.69) is 0 Å². The van der Waals surface area contributed by atoms with Gasteiger partial charge in [0.05, 0.1) is 0 Å². The molecule has 0 radical (unpaired) electrons. The zero-order valence-corrected chi connectivity index (χ0v) is 9.84. The summed E-state index contributed by atoms with van der Waals surface area (Å²) in [4.78, 5) is 22.8. The number of benzene rings is 1. The van der Waals surface area contributed by atoms with Crippen molar-refractivity contribution in [1.29, 1.82) is 0 Å². The lowest BCUT2D eigenvalue weighted by atomic mass is 10.1. The predicted molar refractivity (Wildman–Crippen MR) is 63.4 cm³/mol. The first kappa shape index (κ1) is 13.0. The third kappa shape index (κ3) is 3.79. The van der Waals surface area contributed by atoms with Crippen molar-refractivity contribution < 1.29 is 19.4 Å². The summed E-state index contributed by atoms with van der Waals surface area (Å²) in [5.74, 6) is -0.466. The zero-order chi connectivity index (χ0) is 12.8. The number of ether oxygens (including phenoxy) is 1. The normalized spacial score (nSPS) is 9.76. The Bertz CT molecular complexity index is 415. The number of nitrogens with zero attached hydrogens (tertiary/aromatic N) is 1. The van der Waals surface area contributed by atoms with Crippen LogP contribution in [0.15, 0.2) is 18.2 Å². The molecule has 0 bridgehead atoms. The summed E-state index contributed by atoms with van der Waals surface area (Å²) in [6, 6.07) is 5.34. The number of aliphatic carboxylic acids is 1. The van der Waals surface area contributed by atoms with E-state index in [9.17, 15) is 9.59 Å². The van der Waals surface area contributed by atoms with Gasteiger partial charge in [-0.2, -0.15) is 0 Å². The van der Waals surface area contributed by atoms with Gasteiger partial charge in [-0.3, -0.25) is 9.59 Å². The van der Waals surface area contributed by atoms with Gasteiger partial charge in [0, 0.05) is 32.3 Å². The first-order valence-electron chi connectivity index (χ1n) is 5.17. The van der Waals surface area contributed by atoms with Crippen LogP contribution >= 0.6 is 0 Å². The van der Waals surface area contributed by atoms with Crippen LogP contribution in [0.2, 0.25) is 0 Å². The summed E-state index contributed by atoms with van der Waals surface area (Å²) in [5, 5.41) is 8.62. The number of carbonyl (C=O) groups is 2. The summed E-state index contributed by atoms with van der Waals surface area (Å²) < 4.78 is 4.86. The average Bonchev–Trinajstić information content (AvgIpc) is 2.27. The maximum absolute atomic E-state index is 10.5. The summed E-state index contributed by atoms with van der Waals surface area (Å²) in [6.07, 6.45) is 0.350. The van der Waals surface area contributed by atoms with Crippen molar-refractivity contribution in [3.63, 3.8) is 0 Å². The van der Waals surface area contributed by atoms with Crippen LogP contribution < -0.4 is 9.64 Å². The van der Waals surface area contributed by atoms with Gasteiger partial charge in [0.1, 0.15) is 5.75 Å². The average molecular weight is 237 g/mol. The molecule has 0 aliphatic rings. The van der Waals surface area contributed by atoms with Gasteiger partial charge >= 0.3 is 5.97 Å². The van der Waals surface area contributed by atoms with Crippen LogP contribution in [0.4, 0.5) is 5.69 Å². The molecule has 0 amide bonds. The molecule has 92 valence electrons. The quantitative estimate of drug-likeness (QED) is 0.755. The molecular formula is C12H15NO4. The molecule has 0 saturated carbocycles. The Balaban J connectivity index is 2.95. The van der Waals surface area contributed by atoms with Gasteiger partial charge in [-0.15, -0.1) is 0 Å². The van der Waals surface area contributed by atoms with Gasteiger partial charge in [0.2, 0.25) is 0 Å². The lowest BCUT2D eigenvalue weighted by Gasteiger charge is -2.15. The van der Waals surface area contributed by atoms with E-state index in [1.165, 1.54) is 0 Å². The maximum Gasteiger partial charge on any atom is 0.303 e. The van der Waals surface area contributed by atoms with Crippen molar-refractivity contribution in [3.8, 4) is 5.75 Å². The second-order valence-electron chi connectivity index (χ2n) is 3.79. The number of rotatable bonds is 6. The van der Waals surface area contributed by atoms with Crippen LogP contribution in [0, 0.1) is 0 Å². The topological polar surface area (TPSA) is 66.8 Å². The van der Waals surface area contributed by atoms with Crippen molar-refractivity contribution in [2.24, 2.45) is 0 Å². The fourth-order valence-corrected chi connectivity index (χ4v) is 1.43. The molecule has 5 nitrogen and oxygen atoms in total. The minimum Gasteiger partial charge on any atom is -0.481 e. The Morgan fingerprint density at radius 1 is 1.47 bits per heavy atom. The summed E-state index contributed by atoms with van der Waals surface area (Å²) in [7, 11) is 3.74. The number of anilines is 1. The highest BCUT2D eigenvalue weighted by Gasteiger charge is 2.08. The summed E-state index contributed by atoms with van der Waals surface area (Å²) in [6.45, 7) is 0.346. The molecule has 0 aliphatic carbocycles. The molecule has 1 N–H and O–H groups in total. The second-order valence-corrected chi connectivity index (χ2v) is 3.79. The smallest absolute Gasteiger partial charge is 0.303 e. The Labute approximate surface area is 99.6 Å². The molecule has 1 rings (SSSR count). The molecule has 1 aromatic rings. The molecule has 0 unspecified atom stereocenters. The van der Waals surface area contributed by atoms with E-state index in [4.69, 9.17) is 9.84 Å². The number of hydrogen-bond acceptors (Lipinski definition) is 4. The summed E-state index contributed by atoms with van der Waals surface area (Å²) >= 11 is 0. The van der Waals surface area contributed by atoms with E-state index >= 15 is 0 Å². The molecule has 0 aliphatic heterocycles. The monoisotopic (exact) mass is 237 g/mol. The van der Waals surface area contributed by atoms with E-state index in [0.29, 0.717) is 24.2 Å². The van der Waals surface area contributed by atoms with Gasteiger partial charge in [-0.25, -0.2) is 0 Å². The molecule has 5 heteroatoms. The molecule has 0 spiro atoms. The van der Waals surface area contributed by atoms with Crippen molar-refractivity contribution in [2.45, 2.75) is 12.8 Å². The standard InChI is InChI=1S/C12H15NO4/c1-13(2)10-5-3-9(4-6-12(15)16)11(7-10)17-8-14/h3,5,7-8H,4,6H2,1-2H3,(H,15,16). The Morgan fingerprint density at radius 3 is 2.71 bits per heavy atom. The van der Waals surface area contributed by atoms with Crippen molar-refractivity contribution in [1.82, 2.24) is 0 Å². The third-order valence-electron chi connectivity index (χ3n) is 2.35. The Morgan fingerprint density at radius 2 is 2.18 bits per heavy atom. The molecule has 0 aromatic heterocycles. The molecule has 1 aromatic carbocycles. The van der Waals surface area contributed by atoms with E-state index in [-0.39, 0.29) is 6.42 Å². The van der Waals surface area contributed by atoms with Crippen LogP contribution in [0.25, 0.3) is 0 Å². The Hall–Kier alpha value is -2.04. The highest BCUT2D eigenvalue weighted by atomic mass is 16.5. The van der Waals surface area contributed by atoms with E-state index in [1.807, 2.05) is 25.1 Å². The minimum absolute atomic E-state index is 0.0104. The molecule has 0 atom stereocenters. The van der Waals surface area contributed by atoms with Gasteiger partial charge < -0.3 is 14.7 Å². The molecule has 0 heterocycles. The fourth-order valence-electron chi connectivity index (χ4n) is 1.43. The number of carboxylic acid groups (broad SMARTS) is 1. The summed E-state index contributed by atoms with van der Waals surface area (Å²) in [5.41, 5.74) is 1.60. The number of aryl methyl sites for hydroxylation is 1. The number of carboxylic acids is 1. The first-order valence-corrected chi connectivity index (χ1v) is 5.17. The van der Waals surface area contributed by atoms with Gasteiger partial charge in [-0.1, -0.05) is 6.07 Å². The van der Waals surface area contributed by atoms with Crippen LogP contribution in [-0.2, 0) is 16.0 Å². The van der Waals surface area contributed by atoms with Crippen LogP contribution in [0.1, 0.15) is 12.0 Å². The second kappa shape index (κ2) is 5.89. The Kier molecular flexibility index (Phi) is 4.51. The lowest BCUT2D eigenvalue weighted by molar-refractivity contribution is -0.136. The molecule has 0 fully saturated rings.